The quantitative estimate of drug-likeness (QED) is 0.229. The number of carbonyl (C=O) groups is 1. The molecule has 0 aromatic heterocycles. The largest absolute Gasteiger partial charge is 0.775 e. The topological polar surface area (TPSA) is 52.6 Å². The third-order valence-electron chi connectivity index (χ3n) is 6.45. The Balaban J connectivity index is 1.39. The Morgan fingerprint density at radius 1 is 1.36 bits per heavy atom. The number of alkyl halides is 3. The van der Waals surface area contributed by atoms with Gasteiger partial charge in [-0.25, -0.2) is 0 Å². The van der Waals surface area contributed by atoms with Crippen molar-refractivity contribution in [3.8, 4) is 0 Å². The van der Waals surface area contributed by atoms with Crippen molar-refractivity contribution in [3.05, 3.63) is 16.9 Å². The number of esters is 1. The summed E-state index contributed by atoms with van der Waals surface area (Å²) >= 11 is -0.586. The van der Waals surface area contributed by atoms with Gasteiger partial charge in [0.2, 0.25) is 0 Å². The Morgan fingerprint density at radius 3 is 2.75 bits per heavy atom. The van der Waals surface area contributed by atoms with Gasteiger partial charge in [-0.2, -0.15) is 13.2 Å². The number of hydrogen-bond donors (Lipinski definition) is 0. The van der Waals surface area contributed by atoms with Crippen LogP contribution in [0.15, 0.2) is 11.6 Å². The Bertz CT molecular complexity index is 590. The monoisotopic (exact) mass is 420 g/mol. The van der Waals surface area contributed by atoms with Gasteiger partial charge in [0.15, 0.2) is 0 Å². The van der Waals surface area contributed by atoms with Crippen molar-refractivity contribution in [3.63, 3.8) is 0 Å². The molecule has 2 bridgehead atoms. The van der Waals surface area contributed by atoms with E-state index in [2.05, 4.69) is 13.0 Å². The summed E-state index contributed by atoms with van der Waals surface area (Å²) in [6.45, 7) is 2.52. The van der Waals surface area contributed by atoms with E-state index in [1.54, 1.807) is 0 Å². The second-order valence-electron chi connectivity index (χ2n) is 8.74. The number of nitrogens with zero attached hydrogens (tertiary/aromatic N) is 1. The number of ether oxygens (including phenoxy) is 1. The molecule has 3 rings (SSSR count). The normalized spacial score (nSPS) is 33.5. The lowest BCUT2D eigenvalue weighted by atomic mass is 9.64. The summed E-state index contributed by atoms with van der Waals surface area (Å²) in [5, 5.41) is 11.6. The van der Waals surface area contributed by atoms with Gasteiger partial charge in [-0.05, 0) is 76.0 Å². The predicted octanol–water partition coefficient (Wildman–Crippen LogP) is 5.97. The maximum absolute atomic E-state index is 12.8. The van der Waals surface area contributed by atoms with E-state index in [0.717, 1.165) is 38.5 Å². The third kappa shape index (κ3) is 5.66. The minimum atomic E-state index is -4.53. The molecule has 4 nitrogen and oxygen atoms in total. The van der Waals surface area contributed by atoms with E-state index in [0.29, 0.717) is 44.1 Å². The molecule has 2 saturated carbocycles. The highest BCUT2D eigenvalue weighted by molar-refractivity contribution is 7.97. The predicted molar refractivity (Wildman–Crippen MR) is 103 cm³/mol. The molecule has 0 aromatic rings. The van der Waals surface area contributed by atoms with Crippen LogP contribution >= 0.6 is 11.9 Å². The van der Waals surface area contributed by atoms with Crippen LogP contribution in [0.25, 0.3) is 0 Å². The summed E-state index contributed by atoms with van der Waals surface area (Å²) in [7, 11) is 0. The SMILES string of the molecule is CC1C=C2CCCC(C(=O)OCCC3CCC(N([O-])SC(F)(F)F)CC3)(C2)C1. The molecule has 2 unspecified atom stereocenters. The first-order valence-electron chi connectivity index (χ1n) is 10.3. The van der Waals surface area contributed by atoms with Crippen LogP contribution in [0.2, 0.25) is 0 Å². The van der Waals surface area contributed by atoms with Crippen molar-refractivity contribution >= 4 is 17.9 Å². The fourth-order valence-corrected chi connectivity index (χ4v) is 5.77. The zero-order valence-electron chi connectivity index (χ0n) is 16.3. The minimum Gasteiger partial charge on any atom is -0.775 e. The van der Waals surface area contributed by atoms with Crippen molar-refractivity contribution in [2.45, 2.75) is 82.7 Å². The molecule has 0 radical (unpaired) electrons. The number of hydrogen-bond acceptors (Lipinski definition) is 5. The van der Waals surface area contributed by atoms with Crippen molar-refractivity contribution in [2.75, 3.05) is 6.61 Å². The number of allylic oxidation sites excluding steroid dienone is 2. The van der Waals surface area contributed by atoms with Gasteiger partial charge in [-0.15, -0.1) is 0 Å². The highest BCUT2D eigenvalue weighted by atomic mass is 32.2. The van der Waals surface area contributed by atoms with Crippen LogP contribution in [0.1, 0.15) is 71.1 Å². The first-order chi connectivity index (χ1) is 13.2. The molecule has 0 spiro atoms. The molecule has 0 aliphatic heterocycles. The van der Waals surface area contributed by atoms with Crippen LogP contribution in [0.4, 0.5) is 13.2 Å². The maximum atomic E-state index is 12.8. The lowest BCUT2D eigenvalue weighted by Gasteiger charge is -2.41. The minimum absolute atomic E-state index is 0.0781. The summed E-state index contributed by atoms with van der Waals surface area (Å²) in [4.78, 5) is 12.8. The van der Waals surface area contributed by atoms with Crippen molar-refractivity contribution in [1.82, 2.24) is 4.47 Å². The van der Waals surface area contributed by atoms with Crippen LogP contribution in [-0.2, 0) is 9.53 Å². The number of hydroxylamine groups is 1. The van der Waals surface area contributed by atoms with Gasteiger partial charge in [0.05, 0.1) is 12.0 Å². The number of halogens is 3. The van der Waals surface area contributed by atoms with Crippen molar-refractivity contribution < 1.29 is 22.7 Å². The highest BCUT2D eigenvalue weighted by Gasteiger charge is 2.45. The fourth-order valence-electron chi connectivity index (χ4n) is 5.21. The van der Waals surface area contributed by atoms with Gasteiger partial charge in [-0.3, -0.25) is 4.79 Å². The average Bonchev–Trinajstić information content (AvgIpc) is 2.60. The van der Waals surface area contributed by atoms with Gasteiger partial charge < -0.3 is 14.4 Å². The van der Waals surface area contributed by atoms with Crippen LogP contribution in [-0.4, -0.2) is 28.6 Å². The highest BCUT2D eigenvalue weighted by Crippen LogP contribution is 2.49. The summed E-state index contributed by atoms with van der Waals surface area (Å²) < 4.78 is 42.7. The summed E-state index contributed by atoms with van der Waals surface area (Å²) in [6, 6.07) is -0.583. The Hall–Kier alpha value is -0.730. The van der Waals surface area contributed by atoms with E-state index >= 15 is 0 Å². The summed E-state index contributed by atoms with van der Waals surface area (Å²) in [5.74, 6) is 0.639. The molecular weight excluding hydrogens is 391 g/mol. The molecule has 8 heteroatoms. The zero-order valence-corrected chi connectivity index (χ0v) is 17.1. The molecule has 3 aliphatic carbocycles. The molecule has 160 valence electrons. The maximum Gasteiger partial charge on any atom is 0.455 e. The Kier molecular flexibility index (Phi) is 7.03. The van der Waals surface area contributed by atoms with Gasteiger partial charge >= 0.3 is 11.5 Å². The van der Waals surface area contributed by atoms with E-state index in [1.807, 2.05) is 0 Å². The van der Waals surface area contributed by atoms with E-state index in [9.17, 15) is 23.2 Å². The van der Waals surface area contributed by atoms with Crippen LogP contribution in [0.3, 0.4) is 0 Å². The summed E-state index contributed by atoms with van der Waals surface area (Å²) in [5.41, 5.74) is -3.49. The van der Waals surface area contributed by atoms with E-state index in [-0.39, 0.29) is 15.9 Å². The van der Waals surface area contributed by atoms with Crippen LogP contribution < -0.4 is 0 Å². The second kappa shape index (κ2) is 8.96. The molecular formula is C20H29F3NO3S-. The number of rotatable bonds is 6. The Morgan fingerprint density at radius 2 is 2.07 bits per heavy atom. The Labute approximate surface area is 169 Å². The fraction of sp³-hybridized carbons (Fsp3) is 0.850. The van der Waals surface area contributed by atoms with E-state index < -0.39 is 23.5 Å². The molecule has 2 fully saturated rings. The molecule has 0 heterocycles. The molecule has 28 heavy (non-hydrogen) atoms. The van der Waals surface area contributed by atoms with Gasteiger partial charge in [0.25, 0.3) is 0 Å². The van der Waals surface area contributed by atoms with Gasteiger partial charge in [-0.1, -0.05) is 18.6 Å². The molecule has 3 aliphatic rings. The van der Waals surface area contributed by atoms with Crippen molar-refractivity contribution in [2.24, 2.45) is 17.3 Å². The number of fused-ring (bicyclic) bond motifs is 2. The van der Waals surface area contributed by atoms with Gasteiger partial charge in [0, 0.05) is 18.0 Å². The standard InChI is InChI=1S/C20H29F3NO3S/c1-14-11-16-3-2-9-19(12-14,13-16)18(25)27-10-8-15-4-6-17(7-5-15)24(26)28-20(21,22)23/h11,14-15,17H,2-10,12-13H2,1H3/q-1. The first kappa shape index (κ1) is 22.0. The molecule has 0 aromatic carbocycles. The number of carbonyl (C=O) groups excluding carboxylic acids is 1. The summed E-state index contributed by atoms with van der Waals surface area (Å²) in [6.07, 6.45) is 10.1. The van der Waals surface area contributed by atoms with Crippen LogP contribution in [0, 0.1) is 22.5 Å². The van der Waals surface area contributed by atoms with E-state index in [4.69, 9.17) is 4.74 Å². The molecule has 2 atom stereocenters. The molecule has 0 N–H and O–H groups in total. The molecule has 0 amide bonds. The second-order valence-corrected chi connectivity index (χ2v) is 9.74. The first-order valence-corrected chi connectivity index (χ1v) is 11.0. The smallest absolute Gasteiger partial charge is 0.455 e. The van der Waals surface area contributed by atoms with Gasteiger partial charge in [0.1, 0.15) is 0 Å². The lowest BCUT2D eigenvalue weighted by Crippen LogP contribution is -2.39. The zero-order chi connectivity index (χ0) is 20.4. The average molecular weight is 421 g/mol. The van der Waals surface area contributed by atoms with Crippen molar-refractivity contribution in [1.29, 1.82) is 0 Å². The van der Waals surface area contributed by atoms with E-state index in [1.165, 1.54) is 5.57 Å². The van der Waals surface area contributed by atoms with Crippen LogP contribution in [0.5, 0.6) is 0 Å². The third-order valence-corrected chi connectivity index (χ3v) is 7.14. The molecule has 0 saturated heterocycles. The lowest BCUT2D eigenvalue weighted by molar-refractivity contribution is -0.159.